The fraction of sp³-hybridized carbons (Fsp3) is 0.125. The predicted molar refractivity (Wildman–Crippen MR) is 84.6 cm³/mol. The summed E-state index contributed by atoms with van der Waals surface area (Å²) >= 11 is 0. The molecule has 0 radical (unpaired) electrons. The van der Waals surface area contributed by atoms with Gasteiger partial charge in [0.05, 0.1) is 5.52 Å². The van der Waals surface area contributed by atoms with Crippen molar-refractivity contribution in [1.82, 2.24) is 14.5 Å². The first kappa shape index (κ1) is 13.9. The molecule has 0 saturated carbocycles. The predicted octanol–water partition coefficient (Wildman–Crippen LogP) is 1.87. The first-order valence-corrected chi connectivity index (χ1v) is 6.73. The molecule has 110 valence electrons. The minimum atomic E-state index is -0.119. The topological polar surface area (TPSA) is 76.9 Å². The van der Waals surface area contributed by atoms with Gasteiger partial charge in [-0.25, -0.2) is 4.98 Å². The number of pyridine rings is 3. The molecule has 3 rings (SSSR count). The van der Waals surface area contributed by atoms with E-state index in [9.17, 15) is 9.59 Å². The summed E-state index contributed by atoms with van der Waals surface area (Å²) in [5.41, 5.74) is 2.96. The molecule has 0 aliphatic heterocycles. The number of hydrogen-bond acceptors (Lipinski definition) is 4. The molecule has 0 spiro atoms. The molecule has 0 unspecified atom stereocenters. The van der Waals surface area contributed by atoms with Crippen LogP contribution in [0, 0.1) is 6.92 Å². The molecule has 0 bridgehead atoms. The van der Waals surface area contributed by atoms with Crippen molar-refractivity contribution in [3.05, 3.63) is 52.7 Å². The third-order valence-electron chi connectivity index (χ3n) is 3.64. The van der Waals surface area contributed by atoms with E-state index >= 15 is 0 Å². The van der Waals surface area contributed by atoms with Crippen molar-refractivity contribution < 1.29 is 4.79 Å². The molecular formula is C16H14N4O2. The minimum Gasteiger partial charge on any atom is -0.313 e. The highest BCUT2D eigenvalue weighted by atomic mass is 16.1. The van der Waals surface area contributed by atoms with E-state index in [-0.39, 0.29) is 5.56 Å². The number of nitrogens with zero attached hydrogens (tertiary/aromatic N) is 3. The number of aromatic nitrogens is 3. The number of fused-ring (bicyclic) bond motifs is 1. The lowest BCUT2D eigenvalue weighted by Crippen LogP contribution is -2.19. The van der Waals surface area contributed by atoms with Gasteiger partial charge in [-0.2, -0.15) is 0 Å². The number of hydrogen-bond donors (Lipinski definition) is 1. The van der Waals surface area contributed by atoms with Crippen LogP contribution in [-0.2, 0) is 11.8 Å². The second-order valence-corrected chi connectivity index (χ2v) is 5.00. The van der Waals surface area contributed by atoms with Crippen LogP contribution in [0.4, 0.5) is 5.82 Å². The fourth-order valence-electron chi connectivity index (χ4n) is 2.44. The van der Waals surface area contributed by atoms with E-state index in [0.29, 0.717) is 23.3 Å². The summed E-state index contributed by atoms with van der Waals surface area (Å²) in [5.74, 6) is 0.405. The molecule has 0 saturated heterocycles. The molecule has 0 fully saturated rings. The lowest BCUT2D eigenvalue weighted by atomic mass is 10.0. The maximum absolute atomic E-state index is 12.6. The number of carbonyl (C=O) groups excluding carboxylic acids is 1. The lowest BCUT2D eigenvalue weighted by Gasteiger charge is -2.11. The highest BCUT2D eigenvalue weighted by Gasteiger charge is 2.11. The Morgan fingerprint density at radius 1 is 1.23 bits per heavy atom. The van der Waals surface area contributed by atoms with E-state index in [0.717, 1.165) is 16.5 Å². The van der Waals surface area contributed by atoms with Crippen LogP contribution in [0.2, 0.25) is 0 Å². The summed E-state index contributed by atoms with van der Waals surface area (Å²) in [6, 6.07) is 5.35. The van der Waals surface area contributed by atoms with E-state index in [4.69, 9.17) is 0 Å². The molecule has 3 heterocycles. The Hall–Kier alpha value is -3.02. The Bertz CT molecular complexity index is 931. The van der Waals surface area contributed by atoms with E-state index < -0.39 is 0 Å². The molecule has 3 aromatic rings. The van der Waals surface area contributed by atoms with Crippen LogP contribution in [0.15, 0.2) is 41.6 Å². The monoisotopic (exact) mass is 294 g/mol. The van der Waals surface area contributed by atoms with Crippen LogP contribution in [0.25, 0.3) is 22.0 Å². The van der Waals surface area contributed by atoms with Crippen molar-refractivity contribution in [3.63, 3.8) is 0 Å². The number of anilines is 1. The van der Waals surface area contributed by atoms with Crippen LogP contribution in [0.5, 0.6) is 0 Å². The van der Waals surface area contributed by atoms with Crippen molar-refractivity contribution >= 4 is 23.1 Å². The van der Waals surface area contributed by atoms with Gasteiger partial charge in [0.25, 0.3) is 5.56 Å². The summed E-state index contributed by atoms with van der Waals surface area (Å²) in [7, 11) is 1.70. The van der Waals surface area contributed by atoms with Crippen molar-refractivity contribution in [3.8, 4) is 11.1 Å². The van der Waals surface area contributed by atoms with Gasteiger partial charge in [0.2, 0.25) is 6.41 Å². The van der Waals surface area contributed by atoms with Crippen LogP contribution in [0.3, 0.4) is 0 Å². The number of nitrogens with one attached hydrogen (secondary N) is 1. The molecule has 6 heteroatoms. The number of carbonyl (C=O) groups is 1. The zero-order chi connectivity index (χ0) is 15.7. The second kappa shape index (κ2) is 5.40. The van der Waals surface area contributed by atoms with Gasteiger partial charge < -0.3 is 9.88 Å². The first-order valence-electron chi connectivity index (χ1n) is 6.73. The largest absolute Gasteiger partial charge is 0.313 e. The average Bonchev–Trinajstić information content (AvgIpc) is 2.52. The molecule has 3 aromatic heterocycles. The Kier molecular flexibility index (Phi) is 3.42. The van der Waals surface area contributed by atoms with Crippen LogP contribution in [0.1, 0.15) is 5.56 Å². The highest BCUT2D eigenvalue weighted by molar-refractivity contribution is 5.86. The molecule has 0 aromatic carbocycles. The average molecular weight is 294 g/mol. The Morgan fingerprint density at radius 2 is 2.05 bits per heavy atom. The van der Waals surface area contributed by atoms with E-state index in [2.05, 4.69) is 15.3 Å². The van der Waals surface area contributed by atoms with Crippen LogP contribution >= 0.6 is 0 Å². The number of amides is 1. The van der Waals surface area contributed by atoms with Gasteiger partial charge in [0, 0.05) is 48.2 Å². The molecular weight excluding hydrogens is 280 g/mol. The summed E-state index contributed by atoms with van der Waals surface area (Å²) in [6.45, 7) is 1.94. The van der Waals surface area contributed by atoms with Gasteiger partial charge in [0.1, 0.15) is 5.82 Å². The van der Waals surface area contributed by atoms with E-state index in [1.165, 1.54) is 0 Å². The van der Waals surface area contributed by atoms with Gasteiger partial charge in [-0.15, -0.1) is 0 Å². The molecule has 22 heavy (non-hydrogen) atoms. The summed E-state index contributed by atoms with van der Waals surface area (Å²) in [6.07, 6.45) is 5.58. The summed E-state index contributed by atoms with van der Waals surface area (Å²) < 4.78 is 1.55. The van der Waals surface area contributed by atoms with E-state index in [1.54, 1.807) is 42.3 Å². The quantitative estimate of drug-likeness (QED) is 0.748. The third-order valence-corrected chi connectivity index (χ3v) is 3.64. The van der Waals surface area contributed by atoms with Crippen molar-refractivity contribution in [1.29, 1.82) is 0 Å². The molecule has 1 amide bonds. The molecule has 0 atom stereocenters. The lowest BCUT2D eigenvalue weighted by molar-refractivity contribution is -0.105. The summed E-state index contributed by atoms with van der Waals surface area (Å²) in [4.78, 5) is 31.4. The SMILES string of the molecule is Cc1ccncc1-c1cc2cnc(NC=O)cc2n(C)c1=O. The van der Waals surface area contributed by atoms with E-state index in [1.807, 2.05) is 13.0 Å². The van der Waals surface area contributed by atoms with Gasteiger partial charge >= 0.3 is 0 Å². The first-order chi connectivity index (χ1) is 10.6. The van der Waals surface area contributed by atoms with Crippen LogP contribution in [-0.4, -0.2) is 20.9 Å². The molecule has 0 aliphatic carbocycles. The zero-order valence-electron chi connectivity index (χ0n) is 12.2. The minimum absolute atomic E-state index is 0.119. The van der Waals surface area contributed by atoms with Crippen LogP contribution < -0.4 is 10.9 Å². The van der Waals surface area contributed by atoms with Crippen molar-refractivity contribution in [2.24, 2.45) is 7.05 Å². The third kappa shape index (κ3) is 2.24. The van der Waals surface area contributed by atoms with Gasteiger partial charge in [-0.3, -0.25) is 14.6 Å². The Morgan fingerprint density at radius 3 is 2.77 bits per heavy atom. The maximum atomic E-state index is 12.6. The van der Waals surface area contributed by atoms with Crippen molar-refractivity contribution in [2.45, 2.75) is 6.92 Å². The molecule has 0 aliphatic rings. The van der Waals surface area contributed by atoms with Gasteiger partial charge in [-0.1, -0.05) is 0 Å². The highest BCUT2D eigenvalue weighted by Crippen LogP contribution is 2.23. The Labute approximate surface area is 126 Å². The zero-order valence-corrected chi connectivity index (χ0v) is 12.2. The summed E-state index contributed by atoms with van der Waals surface area (Å²) in [5, 5.41) is 3.30. The maximum Gasteiger partial charge on any atom is 0.258 e. The normalized spacial score (nSPS) is 10.6. The smallest absolute Gasteiger partial charge is 0.258 e. The van der Waals surface area contributed by atoms with Gasteiger partial charge in [0.15, 0.2) is 0 Å². The van der Waals surface area contributed by atoms with Crippen molar-refractivity contribution in [2.75, 3.05) is 5.32 Å². The fourth-order valence-corrected chi connectivity index (χ4v) is 2.44. The molecule has 1 N–H and O–H groups in total. The Balaban J connectivity index is 2.29. The second-order valence-electron chi connectivity index (χ2n) is 5.00. The number of aryl methyl sites for hydroxylation is 2. The van der Waals surface area contributed by atoms with Gasteiger partial charge in [-0.05, 0) is 24.6 Å². The number of rotatable bonds is 3. The molecule has 6 nitrogen and oxygen atoms in total. The standard InChI is InChI=1S/C16H14N4O2/c1-10-3-4-17-8-13(10)12-5-11-7-18-15(19-9-21)6-14(11)20(2)16(12)22/h3-9H,1-2H3,(H,18,19,21).